The number of nitrogens with one attached hydrogen (secondary N) is 1. The molecule has 0 atom stereocenters. The van der Waals surface area contributed by atoms with Crippen molar-refractivity contribution in [3.8, 4) is 0 Å². The van der Waals surface area contributed by atoms with Gasteiger partial charge in [-0.3, -0.25) is 4.68 Å². The summed E-state index contributed by atoms with van der Waals surface area (Å²) in [5.41, 5.74) is 8.01. The number of nitrogens with zero attached hydrogens (tertiary/aromatic N) is 3. The van der Waals surface area contributed by atoms with E-state index in [4.69, 9.17) is 5.73 Å². The third-order valence-corrected chi connectivity index (χ3v) is 4.80. The number of rotatable bonds is 5. The van der Waals surface area contributed by atoms with Crippen LogP contribution in [0.1, 0.15) is 22.5 Å². The summed E-state index contributed by atoms with van der Waals surface area (Å²) in [4.78, 5) is 4.24. The summed E-state index contributed by atoms with van der Waals surface area (Å²) in [7, 11) is -1.90. The summed E-state index contributed by atoms with van der Waals surface area (Å²) in [5, 5.41) is 4.04. The van der Waals surface area contributed by atoms with Gasteiger partial charge < -0.3 is 5.73 Å². The van der Waals surface area contributed by atoms with E-state index in [2.05, 4.69) is 14.8 Å². The molecular formula is C13H19N5O2S. The first-order valence-corrected chi connectivity index (χ1v) is 7.96. The molecule has 1 aromatic heterocycles. The van der Waals surface area contributed by atoms with Crippen LogP contribution in [0.3, 0.4) is 0 Å². The standard InChI is InChI=1S/C13H19N5O2S/c1-9-4-11(6-14)5-12(10(9)2)21(19,20)16-7-13-15-8-18(3)17-13/h4-5,8,16H,6-7,14H2,1-3H3. The molecule has 2 rings (SSSR count). The maximum absolute atomic E-state index is 12.4. The van der Waals surface area contributed by atoms with Gasteiger partial charge in [0.05, 0.1) is 11.4 Å². The zero-order chi connectivity index (χ0) is 15.6. The van der Waals surface area contributed by atoms with Crippen LogP contribution < -0.4 is 10.5 Å². The summed E-state index contributed by atoms with van der Waals surface area (Å²) < 4.78 is 28.9. The third-order valence-electron chi connectivity index (χ3n) is 3.27. The van der Waals surface area contributed by atoms with E-state index in [9.17, 15) is 8.42 Å². The van der Waals surface area contributed by atoms with Crippen LogP contribution in [0.5, 0.6) is 0 Å². The minimum atomic E-state index is -3.63. The molecule has 0 aliphatic rings. The van der Waals surface area contributed by atoms with Gasteiger partial charge in [-0.25, -0.2) is 18.1 Å². The Balaban J connectivity index is 2.29. The highest BCUT2D eigenvalue weighted by Crippen LogP contribution is 2.21. The number of sulfonamides is 1. The number of hydrogen-bond acceptors (Lipinski definition) is 5. The van der Waals surface area contributed by atoms with Gasteiger partial charge in [-0.15, -0.1) is 0 Å². The predicted molar refractivity (Wildman–Crippen MR) is 78.8 cm³/mol. The van der Waals surface area contributed by atoms with E-state index in [1.54, 1.807) is 20.0 Å². The second kappa shape index (κ2) is 5.92. The Labute approximate surface area is 124 Å². The number of benzene rings is 1. The SMILES string of the molecule is Cc1cc(CN)cc(S(=O)(=O)NCc2ncn(C)n2)c1C. The quantitative estimate of drug-likeness (QED) is 0.830. The number of hydrogen-bond donors (Lipinski definition) is 2. The van der Waals surface area contributed by atoms with Gasteiger partial charge in [0.2, 0.25) is 10.0 Å². The fourth-order valence-corrected chi connectivity index (χ4v) is 3.34. The summed E-state index contributed by atoms with van der Waals surface area (Å²) in [5.74, 6) is 0.422. The van der Waals surface area contributed by atoms with Gasteiger partial charge in [0, 0.05) is 13.6 Å². The topological polar surface area (TPSA) is 103 Å². The molecule has 0 amide bonds. The predicted octanol–water partition coefficient (Wildman–Crippen LogP) is 0.369. The molecule has 0 unspecified atom stereocenters. The average Bonchev–Trinajstić information content (AvgIpc) is 2.85. The molecule has 1 heterocycles. The van der Waals surface area contributed by atoms with Crippen LogP contribution in [0.15, 0.2) is 23.4 Å². The molecule has 0 aliphatic heterocycles. The van der Waals surface area contributed by atoms with Crippen LogP contribution in [-0.2, 0) is 30.2 Å². The van der Waals surface area contributed by atoms with Crippen molar-refractivity contribution in [1.29, 1.82) is 0 Å². The van der Waals surface area contributed by atoms with Crippen LogP contribution in [0.2, 0.25) is 0 Å². The molecule has 2 aromatic rings. The van der Waals surface area contributed by atoms with E-state index >= 15 is 0 Å². The average molecular weight is 309 g/mol. The van der Waals surface area contributed by atoms with Gasteiger partial charge >= 0.3 is 0 Å². The van der Waals surface area contributed by atoms with Crippen molar-refractivity contribution in [2.24, 2.45) is 12.8 Å². The molecule has 0 aliphatic carbocycles. The monoisotopic (exact) mass is 309 g/mol. The third kappa shape index (κ3) is 3.46. The first-order chi connectivity index (χ1) is 9.83. The van der Waals surface area contributed by atoms with Crippen LogP contribution in [0.25, 0.3) is 0 Å². The Morgan fingerprint density at radius 2 is 2.05 bits per heavy atom. The molecule has 0 spiro atoms. The van der Waals surface area contributed by atoms with Crippen molar-refractivity contribution in [1.82, 2.24) is 19.5 Å². The van der Waals surface area contributed by atoms with Gasteiger partial charge in [0.25, 0.3) is 0 Å². The van der Waals surface area contributed by atoms with Crippen LogP contribution in [0, 0.1) is 13.8 Å². The molecule has 3 N–H and O–H groups in total. The molecule has 0 saturated heterocycles. The molecule has 7 nitrogen and oxygen atoms in total. The lowest BCUT2D eigenvalue weighted by molar-refractivity contribution is 0.577. The van der Waals surface area contributed by atoms with Gasteiger partial charge in [-0.1, -0.05) is 6.07 Å². The maximum atomic E-state index is 12.4. The van der Waals surface area contributed by atoms with E-state index in [0.29, 0.717) is 17.9 Å². The highest BCUT2D eigenvalue weighted by Gasteiger charge is 2.19. The molecular weight excluding hydrogens is 290 g/mol. The second-order valence-electron chi connectivity index (χ2n) is 4.90. The zero-order valence-electron chi connectivity index (χ0n) is 12.3. The van der Waals surface area contributed by atoms with E-state index in [0.717, 1.165) is 11.1 Å². The highest BCUT2D eigenvalue weighted by molar-refractivity contribution is 7.89. The van der Waals surface area contributed by atoms with Crippen LogP contribution in [0.4, 0.5) is 0 Å². The molecule has 8 heteroatoms. The summed E-state index contributed by atoms with van der Waals surface area (Å²) in [6.45, 7) is 4.00. The Morgan fingerprint density at radius 3 is 2.62 bits per heavy atom. The minimum absolute atomic E-state index is 0.0501. The van der Waals surface area contributed by atoms with E-state index in [1.807, 2.05) is 13.0 Å². The summed E-state index contributed by atoms with van der Waals surface area (Å²) >= 11 is 0. The Hall–Kier alpha value is -1.77. The van der Waals surface area contributed by atoms with E-state index < -0.39 is 10.0 Å². The van der Waals surface area contributed by atoms with Gasteiger partial charge in [-0.2, -0.15) is 5.10 Å². The van der Waals surface area contributed by atoms with Gasteiger partial charge in [0.1, 0.15) is 6.33 Å². The first kappa shape index (κ1) is 15.6. The largest absolute Gasteiger partial charge is 0.326 e. The lowest BCUT2D eigenvalue weighted by Gasteiger charge is -2.12. The Morgan fingerprint density at radius 1 is 1.33 bits per heavy atom. The number of nitrogens with two attached hydrogens (primary N) is 1. The lowest BCUT2D eigenvalue weighted by Crippen LogP contribution is -2.25. The van der Waals surface area contributed by atoms with Crippen molar-refractivity contribution in [3.63, 3.8) is 0 Å². The maximum Gasteiger partial charge on any atom is 0.241 e. The molecule has 114 valence electrons. The van der Waals surface area contributed by atoms with Crippen LogP contribution >= 0.6 is 0 Å². The highest BCUT2D eigenvalue weighted by atomic mass is 32.2. The molecule has 0 saturated carbocycles. The zero-order valence-corrected chi connectivity index (χ0v) is 13.1. The van der Waals surface area contributed by atoms with Crippen molar-refractivity contribution in [2.75, 3.05) is 0 Å². The smallest absolute Gasteiger partial charge is 0.241 e. The fourth-order valence-electron chi connectivity index (χ4n) is 2.00. The van der Waals surface area contributed by atoms with Crippen molar-refractivity contribution in [2.45, 2.75) is 31.8 Å². The van der Waals surface area contributed by atoms with E-state index in [-0.39, 0.29) is 11.4 Å². The molecule has 21 heavy (non-hydrogen) atoms. The second-order valence-corrected chi connectivity index (χ2v) is 6.63. The van der Waals surface area contributed by atoms with Crippen LogP contribution in [-0.4, -0.2) is 23.2 Å². The molecule has 0 fully saturated rings. The first-order valence-electron chi connectivity index (χ1n) is 6.48. The van der Waals surface area contributed by atoms with Gasteiger partial charge in [0.15, 0.2) is 5.82 Å². The number of aromatic nitrogens is 3. The van der Waals surface area contributed by atoms with Crippen molar-refractivity contribution in [3.05, 3.63) is 41.0 Å². The van der Waals surface area contributed by atoms with Crippen molar-refractivity contribution >= 4 is 10.0 Å². The summed E-state index contributed by atoms with van der Waals surface area (Å²) in [6, 6.07) is 3.51. The van der Waals surface area contributed by atoms with Gasteiger partial charge in [-0.05, 0) is 36.6 Å². The fraction of sp³-hybridized carbons (Fsp3) is 0.385. The lowest BCUT2D eigenvalue weighted by atomic mass is 10.1. The minimum Gasteiger partial charge on any atom is -0.326 e. The number of aryl methyl sites for hydroxylation is 2. The summed E-state index contributed by atoms with van der Waals surface area (Å²) in [6.07, 6.45) is 1.52. The Bertz CT molecular complexity index is 752. The van der Waals surface area contributed by atoms with Crippen molar-refractivity contribution < 1.29 is 8.42 Å². The molecule has 0 bridgehead atoms. The van der Waals surface area contributed by atoms with E-state index in [1.165, 1.54) is 11.0 Å². The Kier molecular flexibility index (Phi) is 4.40. The molecule has 0 radical (unpaired) electrons. The molecule has 1 aromatic carbocycles. The normalized spacial score (nSPS) is 11.8.